The molecular formula is C18H21NO2S. The minimum Gasteiger partial charge on any atom is -0.314 e. The summed E-state index contributed by atoms with van der Waals surface area (Å²) in [6.45, 7) is 3.73. The third-order valence-corrected chi connectivity index (χ3v) is 5.36. The molecule has 0 fully saturated rings. The van der Waals surface area contributed by atoms with E-state index in [0.29, 0.717) is 5.75 Å². The lowest BCUT2D eigenvalue weighted by atomic mass is 10.1. The van der Waals surface area contributed by atoms with Crippen molar-refractivity contribution in [3.8, 4) is 0 Å². The molecule has 2 atom stereocenters. The number of carbonyl (C=O) groups is 1. The Bertz CT molecular complexity index is 670. The molecule has 0 aliphatic carbocycles. The van der Waals surface area contributed by atoms with E-state index in [-0.39, 0.29) is 5.91 Å². The molecule has 2 aromatic rings. The molecule has 0 N–H and O–H groups in total. The molecule has 0 radical (unpaired) electrons. The van der Waals surface area contributed by atoms with Crippen LogP contribution in [0.15, 0.2) is 54.6 Å². The van der Waals surface area contributed by atoms with Crippen molar-refractivity contribution in [1.29, 1.82) is 0 Å². The maximum atomic E-state index is 12.5. The summed E-state index contributed by atoms with van der Waals surface area (Å²) in [6, 6.07) is 17.3. The minimum absolute atomic E-state index is 0.127. The number of carbonyl (C=O) groups excluding carboxylic acids is 1. The Balaban J connectivity index is 2.07. The van der Waals surface area contributed by atoms with Gasteiger partial charge in [0.25, 0.3) is 0 Å². The maximum absolute atomic E-state index is 12.5. The zero-order valence-corrected chi connectivity index (χ0v) is 14.0. The molecule has 0 aromatic heterocycles. The van der Waals surface area contributed by atoms with Crippen LogP contribution < -0.4 is 4.90 Å². The number of hydrogen-bond acceptors (Lipinski definition) is 2. The van der Waals surface area contributed by atoms with Gasteiger partial charge in [0, 0.05) is 29.3 Å². The fourth-order valence-electron chi connectivity index (χ4n) is 2.21. The first-order chi connectivity index (χ1) is 10.5. The van der Waals surface area contributed by atoms with E-state index >= 15 is 0 Å². The first-order valence-corrected chi connectivity index (χ1v) is 8.63. The lowest BCUT2D eigenvalue weighted by molar-refractivity contribution is -0.117. The highest BCUT2D eigenvalue weighted by Gasteiger charge is 2.24. The minimum atomic E-state index is -1.24. The zero-order valence-electron chi connectivity index (χ0n) is 13.2. The molecule has 0 bridgehead atoms. The second kappa shape index (κ2) is 7.36. The highest BCUT2D eigenvalue weighted by molar-refractivity contribution is 7.85. The smallest absolute Gasteiger partial charge is 0.242 e. The van der Waals surface area contributed by atoms with Crippen molar-refractivity contribution in [1.82, 2.24) is 0 Å². The van der Waals surface area contributed by atoms with Crippen molar-refractivity contribution in [3.05, 3.63) is 65.7 Å². The van der Waals surface area contributed by atoms with Gasteiger partial charge in [-0.1, -0.05) is 42.5 Å². The monoisotopic (exact) mass is 315 g/mol. The van der Waals surface area contributed by atoms with E-state index in [1.54, 1.807) is 18.9 Å². The molecule has 0 aliphatic rings. The van der Waals surface area contributed by atoms with Crippen LogP contribution in [-0.2, 0) is 21.3 Å². The van der Waals surface area contributed by atoms with Gasteiger partial charge in [-0.05, 0) is 37.1 Å². The SMILES string of the molecule is Cc1ccccc1C[S@](=O)[C@H](C)C(=O)N(C)c1ccccc1. The lowest BCUT2D eigenvalue weighted by Crippen LogP contribution is -2.37. The first-order valence-electron chi connectivity index (χ1n) is 7.25. The van der Waals surface area contributed by atoms with Crippen LogP contribution in [-0.4, -0.2) is 22.4 Å². The number of anilines is 1. The van der Waals surface area contributed by atoms with E-state index in [0.717, 1.165) is 16.8 Å². The number of rotatable bonds is 5. The van der Waals surface area contributed by atoms with Gasteiger partial charge in [-0.2, -0.15) is 0 Å². The Hall–Kier alpha value is -1.94. The fraction of sp³-hybridized carbons (Fsp3) is 0.278. The van der Waals surface area contributed by atoms with Crippen molar-refractivity contribution in [3.63, 3.8) is 0 Å². The van der Waals surface area contributed by atoms with Gasteiger partial charge in [0.1, 0.15) is 5.25 Å². The Morgan fingerprint density at radius 3 is 2.32 bits per heavy atom. The summed E-state index contributed by atoms with van der Waals surface area (Å²) in [5.74, 6) is 0.278. The number of amides is 1. The average molecular weight is 315 g/mol. The summed E-state index contributed by atoms with van der Waals surface area (Å²) in [5.41, 5.74) is 2.95. The number of benzene rings is 2. The second-order valence-corrected chi connectivity index (χ2v) is 7.08. The van der Waals surface area contributed by atoms with Gasteiger partial charge < -0.3 is 4.90 Å². The van der Waals surface area contributed by atoms with Gasteiger partial charge in [-0.15, -0.1) is 0 Å². The summed E-state index contributed by atoms with van der Waals surface area (Å²) >= 11 is 0. The number of nitrogens with zero attached hydrogens (tertiary/aromatic N) is 1. The van der Waals surface area contributed by atoms with Crippen LogP contribution in [0.3, 0.4) is 0 Å². The maximum Gasteiger partial charge on any atom is 0.242 e. The molecule has 4 heteroatoms. The lowest BCUT2D eigenvalue weighted by Gasteiger charge is -2.21. The predicted molar refractivity (Wildman–Crippen MR) is 92.3 cm³/mol. The summed E-state index contributed by atoms with van der Waals surface area (Å²) in [6.07, 6.45) is 0. The molecule has 116 valence electrons. The molecule has 1 amide bonds. The topological polar surface area (TPSA) is 37.4 Å². The van der Waals surface area contributed by atoms with E-state index in [2.05, 4.69) is 0 Å². The molecule has 2 aromatic carbocycles. The highest BCUT2D eigenvalue weighted by Crippen LogP contribution is 2.16. The van der Waals surface area contributed by atoms with E-state index in [1.807, 2.05) is 61.5 Å². The second-order valence-electron chi connectivity index (χ2n) is 5.33. The van der Waals surface area contributed by atoms with Crippen molar-refractivity contribution in [2.75, 3.05) is 11.9 Å². The van der Waals surface area contributed by atoms with E-state index in [4.69, 9.17) is 0 Å². The number of para-hydroxylation sites is 1. The summed E-state index contributed by atoms with van der Waals surface area (Å²) in [5, 5.41) is -0.537. The summed E-state index contributed by atoms with van der Waals surface area (Å²) in [7, 11) is 0.480. The van der Waals surface area contributed by atoms with Crippen LogP contribution in [0.25, 0.3) is 0 Å². The third-order valence-electron chi connectivity index (χ3n) is 3.78. The Kier molecular flexibility index (Phi) is 5.50. The molecule has 0 saturated heterocycles. The summed E-state index contributed by atoms with van der Waals surface area (Å²) < 4.78 is 12.5. The van der Waals surface area contributed by atoms with E-state index < -0.39 is 16.0 Å². The first kappa shape index (κ1) is 16.4. The standard InChI is InChI=1S/C18H21NO2S/c1-14-9-7-8-10-16(14)13-22(21)15(2)18(20)19(3)17-11-5-4-6-12-17/h4-12,15H,13H2,1-3H3/t15-,22+/m1/s1. The van der Waals surface area contributed by atoms with Crippen LogP contribution in [0, 0.1) is 6.92 Å². The van der Waals surface area contributed by atoms with Gasteiger partial charge in [-0.3, -0.25) is 9.00 Å². The van der Waals surface area contributed by atoms with Crippen molar-refractivity contribution in [2.45, 2.75) is 24.9 Å². The molecule has 22 heavy (non-hydrogen) atoms. The highest BCUT2D eigenvalue weighted by atomic mass is 32.2. The summed E-state index contributed by atoms with van der Waals surface area (Å²) in [4.78, 5) is 14.1. The van der Waals surface area contributed by atoms with Crippen molar-refractivity contribution < 1.29 is 9.00 Å². The largest absolute Gasteiger partial charge is 0.314 e. The fourth-order valence-corrected chi connectivity index (χ4v) is 3.48. The molecule has 0 saturated carbocycles. The molecule has 0 aliphatic heterocycles. The molecule has 0 spiro atoms. The number of aryl methyl sites for hydroxylation is 1. The van der Waals surface area contributed by atoms with Gasteiger partial charge >= 0.3 is 0 Å². The molecule has 2 rings (SSSR count). The zero-order chi connectivity index (χ0) is 16.1. The van der Waals surface area contributed by atoms with Crippen LogP contribution in [0.4, 0.5) is 5.69 Å². The van der Waals surface area contributed by atoms with Crippen LogP contribution in [0.2, 0.25) is 0 Å². The molecule has 0 unspecified atom stereocenters. The Morgan fingerprint density at radius 1 is 1.09 bits per heavy atom. The van der Waals surface area contributed by atoms with Gasteiger partial charge in [0.15, 0.2) is 0 Å². The average Bonchev–Trinajstić information content (AvgIpc) is 2.55. The molecule has 0 heterocycles. The number of hydrogen-bond donors (Lipinski definition) is 0. The van der Waals surface area contributed by atoms with Gasteiger partial charge in [0.2, 0.25) is 5.91 Å². The van der Waals surface area contributed by atoms with E-state index in [1.165, 1.54) is 0 Å². The van der Waals surface area contributed by atoms with Gasteiger partial charge in [0.05, 0.1) is 0 Å². The molecule has 3 nitrogen and oxygen atoms in total. The van der Waals surface area contributed by atoms with Gasteiger partial charge in [-0.25, -0.2) is 0 Å². The van der Waals surface area contributed by atoms with Crippen molar-refractivity contribution >= 4 is 22.4 Å². The van der Waals surface area contributed by atoms with Crippen LogP contribution >= 0.6 is 0 Å². The van der Waals surface area contributed by atoms with Crippen molar-refractivity contribution in [2.24, 2.45) is 0 Å². The quantitative estimate of drug-likeness (QED) is 0.849. The normalized spacial score (nSPS) is 13.4. The van der Waals surface area contributed by atoms with E-state index in [9.17, 15) is 9.00 Å². The van der Waals surface area contributed by atoms with Crippen LogP contribution in [0.5, 0.6) is 0 Å². The predicted octanol–water partition coefficient (Wildman–Crippen LogP) is 3.30. The Morgan fingerprint density at radius 2 is 1.68 bits per heavy atom. The Labute approximate surface area is 134 Å². The molecular weight excluding hydrogens is 294 g/mol. The third kappa shape index (κ3) is 3.83. The van der Waals surface area contributed by atoms with Crippen LogP contribution in [0.1, 0.15) is 18.1 Å².